The fourth-order valence-electron chi connectivity index (χ4n) is 1.07. The average Bonchev–Trinajstić information content (AvgIpc) is 2.33. The molecule has 10 heavy (non-hydrogen) atoms. The Morgan fingerprint density at radius 3 is 2.90 bits per heavy atom. The Hall–Kier alpha value is -1.38. The predicted octanol–water partition coefficient (Wildman–Crippen LogP) is 1.19. The van der Waals surface area contributed by atoms with Crippen LogP contribution in [-0.2, 0) is 0 Å². The van der Waals surface area contributed by atoms with E-state index in [1.54, 1.807) is 12.1 Å². The summed E-state index contributed by atoms with van der Waals surface area (Å²) in [6.45, 7) is 0.749. The molecular weight excluding hydrogens is 128 g/mol. The molecule has 52 valence electrons. The number of hydrogen-bond donors (Lipinski definition) is 3. The first-order valence-electron chi connectivity index (χ1n) is 3.17. The van der Waals surface area contributed by atoms with E-state index in [-0.39, 0.29) is 0 Å². The number of phenols is 1. The highest BCUT2D eigenvalue weighted by atomic mass is 16.3. The Kier molecular flexibility index (Phi) is 0.974. The molecule has 0 unspecified atom stereocenters. The molecule has 0 saturated carbocycles. The van der Waals surface area contributed by atoms with Gasteiger partial charge in [-0.2, -0.15) is 0 Å². The van der Waals surface area contributed by atoms with E-state index in [1.165, 1.54) is 0 Å². The molecule has 0 amide bonds. The highest BCUT2D eigenvalue weighted by molar-refractivity contribution is 5.74. The zero-order chi connectivity index (χ0) is 6.97. The average molecular weight is 136 g/mol. The second-order valence-electron chi connectivity index (χ2n) is 2.26. The monoisotopic (exact) mass is 136 g/mol. The third-order valence-electron chi connectivity index (χ3n) is 1.56. The molecule has 0 atom stereocenters. The van der Waals surface area contributed by atoms with Crippen LogP contribution in [0.15, 0.2) is 18.2 Å². The van der Waals surface area contributed by atoms with Gasteiger partial charge < -0.3 is 15.7 Å². The number of nitrogens with one attached hydrogen (secondary N) is 2. The van der Waals surface area contributed by atoms with Crippen LogP contribution in [0.25, 0.3) is 0 Å². The molecule has 1 heterocycles. The minimum absolute atomic E-state index is 0.301. The number of anilines is 2. The number of phenolic OH excluding ortho intramolecular Hbond substituents is 1. The van der Waals surface area contributed by atoms with E-state index in [4.69, 9.17) is 5.11 Å². The van der Waals surface area contributed by atoms with E-state index < -0.39 is 0 Å². The van der Waals surface area contributed by atoms with Crippen molar-refractivity contribution in [2.45, 2.75) is 0 Å². The van der Waals surface area contributed by atoms with Gasteiger partial charge in [-0.05, 0) is 12.1 Å². The Morgan fingerprint density at radius 2 is 2.00 bits per heavy atom. The Balaban J connectivity index is 2.52. The fraction of sp³-hybridized carbons (Fsp3) is 0.143. The number of fused-ring (bicyclic) bond motifs is 1. The maximum Gasteiger partial charge on any atom is 0.117 e. The van der Waals surface area contributed by atoms with Crippen molar-refractivity contribution in [3.8, 4) is 5.75 Å². The maximum absolute atomic E-state index is 9.03. The molecule has 0 aromatic heterocycles. The van der Waals surface area contributed by atoms with Crippen LogP contribution in [-0.4, -0.2) is 11.8 Å². The lowest BCUT2D eigenvalue weighted by Crippen LogP contribution is -1.98. The second-order valence-corrected chi connectivity index (χ2v) is 2.26. The zero-order valence-electron chi connectivity index (χ0n) is 5.39. The van der Waals surface area contributed by atoms with Gasteiger partial charge in [0.25, 0.3) is 0 Å². The van der Waals surface area contributed by atoms with Crippen LogP contribution in [0.5, 0.6) is 5.75 Å². The van der Waals surface area contributed by atoms with Crippen LogP contribution in [0.4, 0.5) is 11.4 Å². The van der Waals surface area contributed by atoms with E-state index in [1.807, 2.05) is 6.07 Å². The molecule has 3 N–H and O–H groups in total. The molecule has 0 bridgehead atoms. The van der Waals surface area contributed by atoms with Gasteiger partial charge in [0.2, 0.25) is 0 Å². The van der Waals surface area contributed by atoms with Crippen LogP contribution < -0.4 is 10.6 Å². The molecule has 0 saturated heterocycles. The number of aromatic hydroxyl groups is 1. The lowest BCUT2D eigenvalue weighted by Gasteiger charge is -1.96. The zero-order valence-corrected chi connectivity index (χ0v) is 5.39. The summed E-state index contributed by atoms with van der Waals surface area (Å²) in [5.41, 5.74) is 2.03. The molecule has 1 aromatic rings. The standard InChI is InChI=1S/C7H8N2O/c10-5-1-2-6-7(3-5)9-4-8-6/h1-3,8-10H,4H2. The molecular formula is C7H8N2O. The third-order valence-corrected chi connectivity index (χ3v) is 1.56. The minimum Gasteiger partial charge on any atom is -0.508 e. The highest BCUT2D eigenvalue weighted by Crippen LogP contribution is 2.28. The first-order valence-corrected chi connectivity index (χ1v) is 3.17. The van der Waals surface area contributed by atoms with Gasteiger partial charge in [-0.15, -0.1) is 0 Å². The summed E-state index contributed by atoms with van der Waals surface area (Å²) in [5.74, 6) is 0.301. The Morgan fingerprint density at radius 1 is 1.20 bits per heavy atom. The molecule has 3 nitrogen and oxygen atoms in total. The van der Waals surface area contributed by atoms with Gasteiger partial charge in [-0.25, -0.2) is 0 Å². The van der Waals surface area contributed by atoms with Crippen LogP contribution in [0.2, 0.25) is 0 Å². The second kappa shape index (κ2) is 1.80. The van der Waals surface area contributed by atoms with Crippen molar-refractivity contribution in [1.29, 1.82) is 0 Å². The predicted molar refractivity (Wildman–Crippen MR) is 40.2 cm³/mol. The van der Waals surface area contributed by atoms with Gasteiger partial charge in [-0.1, -0.05) is 0 Å². The third kappa shape index (κ3) is 0.673. The summed E-state index contributed by atoms with van der Waals surface area (Å²) in [4.78, 5) is 0. The van der Waals surface area contributed by atoms with Gasteiger partial charge >= 0.3 is 0 Å². The first-order chi connectivity index (χ1) is 4.86. The molecule has 0 radical (unpaired) electrons. The number of benzene rings is 1. The molecule has 2 rings (SSSR count). The lowest BCUT2D eigenvalue weighted by molar-refractivity contribution is 0.476. The largest absolute Gasteiger partial charge is 0.508 e. The van der Waals surface area contributed by atoms with Crippen molar-refractivity contribution in [2.75, 3.05) is 17.3 Å². The highest BCUT2D eigenvalue weighted by Gasteiger charge is 2.07. The number of rotatable bonds is 0. The van der Waals surface area contributed by atoms with E-state index >= 15 is 0 Å². The number of hydrogen-bond acceptors (Lipinski definition) is 3. The van der Waals surface area contributed by atoms with Gasteiger partial charge in [-0.3, -0.25) is 0 Å². The smallest absolute Gasteiger partial charge is 0.117 e. The summed E-state index contributed by atoms with van der Waals surface area (Å²) in [6, 6.07) is 5.22. The molecule has 1 aromatic carbocycles. The molecule has 1 aliphatic rings. The summed E-state index contributed by atoms with van der Waals surface area (Å²) < 4.78 is 0. The van der Waals surface area contributed by atoms with Crippen molar-refractivity contribution in [1.82, 2.24) is 0 Å². The molecule has 0 spiro atoms. The van der Waals surface area contributed by atoms with Crippen molar-refractivity contribution < 1.29 is 5.11 Å². The molecule has 3 heteroatoms. The molecule has 1 aliphatic heterocycles. The lowest BCUT2D eigenvalue weighted by atomic mass is 10.3. The van der Waals surface area contributed by atoms with Crippen LogP contribution in [0.1, 0.15) is 0 Å². The minimum atomic E-state index is 0.301. The van der Waals surface area contributed by atoms with Gasteiger partial charge in [0.1, 0.15) is 5.75 Å². The summed E-state index contributed by atoms with van der Waals surface area (Å²) >= 11 is 0. The van der Waals surface area contributed by atoms with Gasteiger partial charge in [0.05, 0.1) is 18.0 Å². The SMILES string of the molecule is Oc1ccc2c(c1)NCN2. The van der Waals surface area contributed by atoms with Crippen molar-refractivity contribution in [3.05, 3.63) is 18.2 Å². The normalized spacial score (nSPS) is 13.6. The van der Waals surface area contributed by atoms with Crippen molar-refractivity contribution >= 4 is 11.4 Å². The first kappa shape index (κ1) is 5.41. The van der Waals surface area contributed by atoms with Gasteiger partial charge in [0.15, 0.2) is 0 Å². The Bertz CT molecular complexity index is 260. The maximum atomic E-state index is 9.03. The summed E-state index contributed by atoms with van der Waals surface area (Å²) in [7, 11) is 0. The van der Waals surface area contributed by atoms with E-state index in [0.29, 0.717) is 5.75 Å². The van der Waals surface area contributed by atoms with E-state index in [2.05, 4.69) is 10.6 Å². The van der Waals surface area contributed by atoms with Crippen LogP contribution in [0.3, 0.4) is 0 Å². The fourth-order valence-corrected chi connectivity index (χ4v) is 1.07. The van der Waals surface area contributed by atoms with Crippen LogP contribution in [0, 0.1) is 0 Å². The quantitative estimate of drug-likeness (QED) is 0.469. The van der Waals surface area contributed by atoms with Gasteiger partial charge in [0, 0.05) is 6.07 Å². The molecule has 0 fully saturated rings. The van der Waals surface area contributed by atoms with Crippen molar-refractivity contribution in [2.24, 2.45) is 0 Å². The van der Waals surface area contributed by atoms with Crippen molar-refractivity contribution in [3.63, 3.8) is 0 Å². The van der Waals surface area contributed by atoms with Crippen LogP contribution >= 0.6 is 0 Å². The van der Waals surface area contributed by atoms with E-state index in [9.17, 15) is 0 Å². The summed E-state index contributed by atoms with van der Waals surface area (Å²) in [6.07, 6.45) is 0. The van der Waals surface area contributed by atoms with E-state index in [0.717, 1.165) is 18.0 Å². The summed E-state index contributed by atoms with van der Waals surface area (Å²) in [5, 5.41) is 15.2. The Labute approximate surface area is 58.7 Å². The molecule has 0 aliphatic carbocycles. The topological polar surface area (TPSA) is 44.3 Å².